The van der Waals surface area contributed by atoms with E-state index < -0.39 is 0 Å². The van der Waals surface area contributed by atoms with Gasteiger partial charge in [-0.25, -0.2) is 0 Å². The fraction of sp³-hybridized carbons (Fsp3) is 0.304. The highest BCUT2D eigenvalue weighted by Crippen LogP contribution is 2.43. The standard InChI is InChI=1S/C23H25N3O/c1-26(23(19-11-12-19)22-10-3-5-14-25-22)16-18-7-6-9-21(15-18)27-17-20-8-2-4-13-24-20/h2-10,13-15,19,23H,11-12,16-17H2,1H3. The molecule has 0 amide bonds. The Morgan fingerprint density at radius 3 is 2.52 bits per heavy atom. The van der Waals surface area contributed by atoms with E-state index in [4.69, 9.17) is 4.74 Å². The molecule has 0 radical (unpaired) electrons. The SMILES string of the molecule is CN(Cc1cccc(OCc2ccccn2)c1)C(c1ccccn1)C1CC1. The molecule has 2 heterocycles. The van der Waals surface area contributed by atoms with E-state index in [0.29, 0.717) is 18.6 Å². The molecule has 4 nitrogen and oxygen atoms in total. The third-order valence-electron chi connectivity index (χ3n) is 4.98. The summed E-state index contributed by atoms with van der Waals surface area (Å²) in [6.07, 6.45) is 6.27. The van der Waals surface area contributed by atoms with Crippen LogP contribution in [0.1, 0.15) is 35.8 Å². The summed E-state index contributed by atoms with van der Waals surface area (Å²) < 4.78 is 5.93. The molecule has 1 aliphatic rings. The minimum absolute atomic E-state index is 0.379. The van der Waals surface area contributed by atoms with E-state index in [1.54, 1.807) is 6.20 Å². The first-order chi connectivity index (χ1) is 13.3. The molecule has 0 N–H and O–H groups in total. The van der Waals surface area contributed by atoms with E-state index in [2.05, 4.69) is 52.2 Å². The second-order valence-corrected chi connectivity index (χ2v) is 7.21. The van der Waals surface area contributed by atoms with Crippen LogP contribution in [0.25, 0.3) is 0 Å². The maximum absolute atomic E-state index is 5.93. The van der Waals surface area contributed by atoms with Gasteiger partial charge in [-0.3, -0.25) is 14.9 Å². The second kappa shape index (κ2) is 8.31. The number of hydrogen-bond acceptors (Lipinski definition) is 4. The smallest absolute Gasteiger partial charge is 0.130 e. The molecule has 1 aliphatic carbocycles. The van der Waals surface area contributed by atoms with Crippen LogP contribution in [-0.2, 0) is 13.2 Å². The summed E-state index contributed by atoms with van der Waals surface area (Å²) in [6, 6.07) is 20.8. The maximum Gasteiger partial charge on any atom is 0.130 e. The molecule has 27 heavy (non-hydrogen) atoms. The molecular formula is C23H25N3O. The largest absolute Gasteiger partial charge is 0.487 e. The third kappa shape index (κ3) is 4.72. The zero-order chi connectivity index (χ0) is 18.5. The quantitative estimate of drug-likeness (QED) is 0.587. The Kier molecular flexibility index (Phi) is 5.45. The minimum Gasteiger partial charge on any atom is -0.487 e. The number of nitrogens with zero attached hydrogens (tertiary/aromatic N) is 3. The van der Waals surface area contributed by atoms with Gasteiger partial charge >= 0.3 is 0 Å². The molecule has 1 fully saturated rings. The molecule has 0 bridgehead atoms. The van der Waals surface area contributed by atoms with Crippen molar-refractivity contribution in [2.24, 2.45) is 5.92 Å². The van der Waals surface area contributed by atoms with E-state index in [-0.39, 0.29) is 0 Å². The van der Waals surface area contributed by atoms with E-state index in [9.17, 15) is 0 Å². The van der Waals surface area contributed by atoms with Gasteiger partial charge in [0.25, 0.3) is 0 Å². The van der Waals surface area contributed by atoms with Gasteiger partial charge in [-0.1, -0.05) is 24.3 Å². The molecule has 1 aromatic carbocycles. The van der Waals surface area contributed by atoms with Crippen molar-refractivity contribution in [2.45, 2.75) is 32.0 Å². The van der Waals surface area contributed by atoms with Crippen molar-refractivity contribution in [1.29, 1.82) is 0 Å². The normalized spacial score (nSPS) is 14.9. The van der Waals surface area contributed by atoms with Gasteiger partial charge in [0, 0.05) is 18.9 Å². The zero-order valence-corrected chi connectivity index (χ0v) is 15.7. The Bertz CT molecular complexity index is 850. The van der Waals surface area contributed by atoms with Crippen LogP contribution >= 0.6 is 0 Å². The zero-order valence-electron chi connectivity index (χ0n) is 15.7. The first-order valence-electron chi connectivity index (χ1n) is 9.52. The molecule has 0 saturated heterocycles. The monoisotopic (exact) mass is 359 g/mol. The Labute approximate surface area is 160 Å². The van der Waals surface area contributed by atoms with Crippen LogP contribution in [0, 0.1) is 5.92 Å². The Hall–Kier alpha value is -2.72. The number of benzene rings is 1. The molecule has 4 heteroatoms. The lowest BCUT2D eigenvalue weighted by atomic mass is 10.1. The van der Waals surface area contributed by atoms with Crippen LogP contribution in [0.3, 0.4) is 0 Å². The Morgan fingerprint density at radius 2 is 1.81 bits per heavy atom. The predicted molar refractivity (Wildman–Crippen MR) is 106 cm³/mol. The number of ether oxygens (including phenoxy) is 1. The minimum atomic E-state index is 0.379. The van der Waals surface area contributed by atoms with Crippen LogP contribution in [-0.4, -0.2) is 21.9 Å². The molecule has 1 saturated carbocycles. The first-order valence-corrected chi connectivity index (χ1v) is 9.52. The lowest BCUT2D eigenvalue weighted by Crippen LogP contribution is -2.26. The predicted octanol–water partition coefficient (Wildman–Crippen LogP) is 4.64. The summed E-state index contributed by atoms with van der Waals surface area (Å²) in [7, 11) is 2.19. The molecule has 4 rings (SSSR count). The van der Waals surface area contributed by atoms with E-state index in [0.717, 1.165) is 18.0 Å². The van der Waals surface area contributed by atoms with Gasteiger partial charge in [0.05, 0.1) is 17.4 Å². The van der Waals surface area contributed by atoms with Crippen molar-refractivity contribution in [3.05, 3.63) is 90.0 Å². The molecule has 0 spiro atoms. The molecule has 1 unspecified atom stereocenters. The topological polar surface area (TPSA) is 38.2 Å². The highest BCUT2D eigenvalue weighted by atomic mass is 16.5. The second-order valence-electron chi connectivity index (χ2n) is 7.21. The molecule has 138 valence electrons. The summed E-state index contributed by atoms with van der Waals surface area (Å²) in [5, 5.41) is 0. The van der Waals surface area contributed by atoms with Gasteiger partial charge in [0.15, 0.2) is 0 Å². The van der Waals surface area contributed by atoms with Crippen LogP contribution in [0.4, 0.5) is 0 Å². The summed E-state index contributed by atoms with van der Waals surface area (Å²) >= 11 is 0. The molecule has 1 atom stereocenters. The van der Waals surface area contributed by atoms with Gasteiger partial charge in [-0.2, -0.15) is 0 Å². The van der Waals surface area contributed by atoms with Crippen molar-refractivity contribution >= 4 is 0 Å². The number of pyridine rings is 2. The maximum atomic E-state index is 5.93. The van der Waals surface area contributed by atoms with E-state index >= 15 is 0 Å². The lowest BCUT2D eigenvalue weighted by Gasteiger charge is -2.28. The van der Waals surface area contributed by atoms with Crippen molar-refractivity contribution in [2.75, 3.05) is 7.05 Å². The number of hydrogen-bond donors (Lipinski definition) is 0. The Morgan fingerprint density at radius 1 is 1.00 bits per heavy atom. The fourth-order valence-corrected chi connectivity index (χ4v) is 3.55. The van der Waals surface area contributed by atoms with Gasteiger partial charge in [0.1, 0.15) is 12.4 Å². The molecular weight excluding hydrogens is 334 g/mol. The molecule has 2 aromatic heterocycles. The van der Waals surface area contributed by atoms with Gasteiger partial charge in [-0.05, 0) is 67.8 Å². The number of rotatable bonds is 8. The van der Waals surface area contributed by atoms with Crippen molar-refractivity contribution in [1.82, 2.24) is 14.9 Å². The highest BCUT2D eigenvalue weighted by Gasteiger charge is 2.35. The van der Waals surface area contributed by atoms with Crippen molar-refractivity contribution < 1.29 is 4.74 Å². The number of aromatic nitrogens is 2. The van der Waals surface area contributed by atoms with Gasteiger partial charge in [-0.15, -0.1) is 0 Å². The van der Waals surface area contributed by atoms with E-state index in [1.165, 1.54) is 24.1 Å². The van der Waals surface area contributed by atoms with Gasteiger partial charge in [0.2, 0.25) is 0 Å². The fourth-order valence-electron chi connectivity index (χ4n) is 3.55. The first kappa shape index (κ1) is 17.7. The van der Waals surface area contributed by atoms with Crippen LogP contribution in [0.15, 0.2) is 73.1 Å². The lowest BCUT2D eigenvalue weighted by molar-refractivity contribution is 0.207. The average Bonchev–Trinajstić information content (AvgIpc) is 3.53. The van der Waals surface area contributed by atoms with Crippen LogP contribution in [0.5, 0.6) is 5.75 Å². The van der Waals surface area contributed by atoms with Crippen LogP contribution < -0.4 is 4.74 Å². The average molecular weight is 359 g/mol. The summed E-state index contributed by atoms with van der Waals surface area (Å²) in [6.45, 7) is 1.36. The summed E-state index contributed by atoms with van der Waals surface area (Å²) in [5.41, 5.74) is 3.35. The van der Waals surface area contributed by atoms with Gasteiger partial charge < -0.3 is 4.74 Å². The third-order valence-corrected chi connectivity index (χ3v) is 4.98. The van der Waals surface area contributed by atoms with Crippen molar-refractivity contribution in [3.63, 3.8) is 0 Å². The molecule has 0 aliphatic heterocycles. The summed E-state index contributed by atoms with van der Waals surface area (Å²) in [4.78, 5) is 11.3. The Balaban J connectivity index is 1.42. The summed E-state index contributed by atoms with van der Waals surface area (Å²) in [5.74, 6) is 1.60. The van der Waals surface area contributed by atoms with Crippen molar-refractivity contribution in [3.8, 4) is 5.75 Å². The molecule has 3 aromatic rings. The van der Waals surface area contributed by atoms with E-state index in [1.807, 2.05) is 36.5 Å². The highest BCUT2D eigenvalue weighted by molar-refractivity contribution is 5.29. The van der Waals surface area contributed by atoms with Crippen LogP contribution in [0.2, 0.25) is 0 Å².